The summed E-state index contributed by atoms with van der Waals surface area (Å²) in [5, 5.41) is 7.28. The van der Waals surface area contributed by atoms with Gasteiger partial charge >= 0.3 is 0 Å². The molecule has 2 aliphatic rings. The molecule has 2 heterocycles. The van der Waals surface area contributed by atoms with E-state index in [0.29, 0.717) is 31.8 Å². The molecule has 8 heteroatoms. The Hall–Kier alpha value is -1.93. The van der Waals surface area contributed by atoms with Crippen molar-refractivity contribution in [3.8, 4) is 0 Å². The SMILES string of the molecule is NCCCOC1CCN(C(=O)c2cnn(CC(=O)NC3CCCCC3)c2)CC1. The summed E-state index contributed by atoms with van der Waals surface area (Å²) in [6.45, 7) is 2.84. The smallest absolute Gasteiger partial charge is 0.257 e. The van der Waals surface area contributed by atoms with Crippen molar-refractivity contribution in [3.63, 3.8) is 0 Å². The zero-order valence-corrected chi connectivity index (χ0v) is 16.6. The fraction of sp³-hybridized carbons (Fsp3) is 0.750. The van der Waals surface area contributed by atoms with Crippen LogP contribution in [0.25, 0.3) is 0 Å². The van der Waals surface area contributed by atoms with Gasteiger partial charge in [0.2, 0.25) is 5.91 Å². The lowest BCUT2D eigenvalue weighted by molar-refractivity contribution is -0.122. The Morgan fingerprint density at radius 1 is 1.18 bits per heavy atom. The van der Waals surface area contributed by atoms with Gasteiger partial charge in [-0.15, -0.1) is 0 Å². The van der Waals surface area contributed by atoms with Gasteiger partial charge in [0.15, 0.2) is 0 Å². The van der Waals surface area contributed by atoms with E-state index in [0.717, 1.165) is 32.1 Å². The van der Waals surface area contributed by atoms with Crippen molar-refractivity contribution < 1.29 is 14.3 Å². The van der Waals surface area contributed by atoms with Crippen LogP contribution in [0.4, 0.5) is 0 Å². The van der Waals surface area contributed by atoms with E-state index in [9.17, 15) is 9.59 Å². The molecular formula is C20H33N5O3. The number of nitrogens with one attached hydrogen (secondary N) is 1. The van der Waals surface area contributed by atoms with E-state index in [2.05, 4.69) is 10.4 Å². The highest BCUT2D eigenvalue weighted by molar-refractivity contribution is 5.93. The van der Waals surface area contributed by atoms with Crippen LogP contribution in [0, 0.1) is 0 Å². The third kappa shape index (κ3) is 6.04. The molecule has 0 radical (unpaired) electrons. The second kappa shape index (κ2) is 10.6. The molecule has 0 bridgehead atoms. The highest BCUT2D eigenvalue weighted by Gasteiger charge is 2.25. The lowest BCUT2D eigenvalue weighted by Crippen LogP contribution is -2.41. The van der Waals surface area contributed by atoms with Gasteiger partial charge in [0.1, 0.15) is 6.54 Å². The summed E-state index contributed by atoms with van der Waals surface area (Å²) in [6, 6.07) is 0.284. The van der Waals surface area contributed by atoms with Crippen LogP contribution in [0.1, 0.15) is 61.7 Å². The number of ether oxygens (including phenoxy) is 1. The van der Waals surface area contributed by atoms with Crippen molar-refractivity contribution in [2.24, 2.45) is 5.73 Å². The normalized spacial score (nSPS) is 19.0. The van der Waals surface area contributed by atoms with Gasteiger partial charge in [-0.25, -0.2) is 0 Å². The molecule has 1 saturated carbocycles. The van der Waals surface area contributed by atoms with E-state index in [1.165, 1.54) is 19.3 Å². The van der Waals surface area contributed by atoms with Crippen molar-refractivity contribution in [3.05, 3.63) is 18.0 Å². The number of hydrogen-bond acceptors (Lipinski definition) is 5. The van der Waals surface area contributed by atoms with Crippen LogP contribution >= 0.6 is 0 Å². The molecule has 8 nitrogen and oxygen atoms in total. The summed E-state index contributed by atoms with van der Waals surface area (Å²) in [7, 11) is 0. The summed E-state index contributed by atoms with van der Waals surface area (Å²) >= 11 is 0. The third-order valence-corrected chi connectivity index (χ3v) is 5.59. The van der Waals surface area contributed by atoms with Gasteiger partial charge in [-0.1, -0.05) is 19.3 Å². The molecular weight excluding hydrogens is 358 g/mol. The molecule has 0 spiro atoms. The topological polar surface area (TPSA) is 102 Å². The van der Waals surface area contributed by atoms with Gasteiger partial charge in [0, 0.05) is 31.9 Å². The van der Waals surface area contributed by atoms with Crippen molar-refractivity contribution in [2.75, 3.05) is 26.2 Å². The van der Waals surface area contributed by atoms with E-state index >= 15 is 0 Å². The van der Waals surface area contributed by atoms with Gasteiger partial charge in [0.05, 0.1) is 17.9 Å². The summed E-state index contributed by atoms with van der Waals surface area (Å²) in [5.74, 6) is -0.0659. The fourth-order valence-electron chi connectivity index (χ4n) is 3.97. The van der Waals surface area contributed by atoms with Crippen LogP contribution in [0.15, 0.2) is 12.4 Å². The monoisotopic (exact) mass is 391 g/mol. The van der Waals surface area contributed by atoms with Crippen LogP contribution in [-0.2, 0) is 16.1 Å². The first-order valence-corrected chi connectivity index (χ1v) is 10.6. The number of nitrogens with two attached hydrogens (primary N) is 1. The van der Waals surface area contributed by atoms with Crippen LogP contribution in [0.3, 0.4) is 0 Å². The average Bonchev–Trinajstić information content (AvgIpc) is 3.17. The van der Waals surface area contributed by atoms with Gasteiger partial charge in [-0.05, 0) is 38.6 Å². The molecule has 28 heavy (non-hydrogen) atoms. The molecule has 1 aromatic heterocycles. The molecule has 2 amide bonds. The maximum absolute atomic E-state index is 12.7. The van der Waals surface area contributed by atoms with Gasteiger partial charge < -0.3 is 20.7 Å². The molecule has 1 saturated heterocycles. The number of hydrogen-bond donors (Lipinski definition) is 2. The fourth-order valence-corrected chi connectivity index (χ4v) is 3.97. The number of aromatic nitrogens is 2. The minimum absolute atomic E-state index is 0.0284. The first-order valence-electron chi connectivity index (χ1n) is 10.6. The number of carbonyl (C=O) groups excluding carboxylic acids is 2. The van der Waals surface area contributed by atoms with Crippen LogP contribution < -0.4 is 11.1 Å². The maximum atomic E-state index is 12.7. The van der Waals surface area contributed by atoms with E-state index in [1.54, 1.807) is 17.1 Å². The van der Waals surface area contributed by atoms with E-state index in [1.807, 2.05) is 4.90 Å². The molecule has 1 aliphatic heterocycles. The maximum Gasteiger partial charge on any atom is 0.257 e. The van der Waals surface area contributed by atoms with Crippen LogP contribution in [-0.4, -0.2) is 64.9 Å². The first-order chi connectivity index (χ1) is 13.7. The molecule has 0 atom stereocenters. The van der Waals surface area contributed by atoms with E-state index in [-0.39, 0.29) is 30.5 Å². The Bertz CT molecular complexity index is 634. The minimum atomic E-state index is -0.0376. The number of nitrogens with zero attached hydrogens (tertiary/aromatic N) is 3. The quantitative estimate of drug-likeness (QED) is 0.650. The summed E-state index contributed by atoms with van der Waals surface area (Å²) in [4.78, 5) is 26.8. The molecule has 3 N–H and O–H groups in total. The summed E-state index contributed by atoms with van der Waals surface area (Å²) in [6.07, 6.45) is 11.7. The highest BCUT2D eigenvalue weighted by Crippen LogP contribution is 2.18. The minimum Gasteiger partial charge on any atom is -0.378 e. The Balaban J connectivity index is 1.43. The molecule has 156 valence electrons. The lowest BCUT2D eigenvalue weighted by Gasteiger charge is -2.31. The predicted octanol–water partition coefficient (Wildman–Crippen LogP) is 1.30. The molecule has 2 fully saturated rings. The van der Waals surface area contributed by atoms with E-state index < -0.39 is 0 Å². The Morgan fingerprint density at radius 2 is 1.93 bits per heavy atom. The number of piperidine rings is 1. The molecule has 1 aliphatic carbocycles. The van der Waals surface area contributed by atoms with Crippen LogP contribution in [0.2, 0.25) is 0 Å². The molecule has 1 aromatic rings. The Kier molecular flexibility index (Phi) is 7.85. The number of rotatable bonds is 8. The molecule has 0 unspecified atom stereocenters. The van der Waals surface area contributed by atoms with E-state index in [4.69, 9.17) is 10.5 Å². The molecule has 3 rings (SSSR count). The number of carbonyl (C=O) groups is 2. The Labute approximate surface area is 166 Å². The van der Waals surface area contributed by atoms with Gasteiger partial charge in [-0.2, -0.15) is 5.10 Å². The van der Waals surface area contributed by atoms with Gasteiger partial charge in [0.25, 0.3) is 5.91 Å². The zero-order valence-electron chi connectivity index (χ0n) is 16.6. The Morgan fingerprint density at radius 3 is 2.64 bits per heavy atom. The second-order valence-electron chi connectivity index (χ2n) is 7.83. The second-order valence-corrected chi connectivity index (χ2v) is 7.83. The van der Waals surface area contributed by atoms with Crippen molar-refractivity contribution >= 4 is 11.8 Å². The zero-order chi connectivity index (χ0) is 19.8. The largest absolute Gasteiger partial charge is 0.378 e. The summed E-state index contributed by atoms with van der Waals surface area (Å²) < 4.78 is 7.34. The summed E-state index contributed by atoms with van der Waals surface area (Å²) in [5.41, 5.74) is 6.02. The predicted molar refractivity (Wildman–Crippen MR) is 106 cm³/mol. The van der Waals surface area contributed by atoms with Gasteiger partial charge in [-0.3, -0.25) is 14.3 Å². The van der Waals surface area contributed by atoms with Crippen molar-refractivity contribution in [1.82, 2.24) is 20.0 Å². The standard InChI is InChI=1S/C20H33N5O3/c21-9-4-12-28-18-7-10-24(11-8-18)20(27)16-13-22-25(14-16)15-19(26)23-17-5-2-1-3-6-17/h13-14,17-18H,1-12,15,21H2,(H,23,26). The first kappa shape index (κ1) is 20.8. The third-order valence-electron chi connectivity index (χ3n) is 5.59. The van der Waals surface area contributed by atoms with Crippen molar-refractivity contribution in [2.45, 2.75) is 70.1 Å². The highest BCUT2D eigenvalue weighted by atomic mass is 16.5. The number of amides is 2. The molecule has 0 aromatic carbocycles. The van der Waals surface area contributed by atoms with Crippen molar-refractivity contribution in [1.29, 1.82) is 0 Å². The number of likely N-dealkylation sites (tertiary alicyclic amines) is 1. The van der Waals surface area contributed by atoms with Crippen LogP contribution in [0.5, 0.6) is 0 Å². The average molecular weight is 392 g/mol. The lowest BCUT2D eigenvalue weighted by atomic mass is 9.95.